The molecule has 2 fully saturated rings. The summed E-state index contributed by atoms with van der Waals surface area (Å²) in [4.78, 5) is 9.53. The summed E-state index contributed by atoms with van der Waals surface area (Å²) in [6.45, 7) is 10.9. The van der Waals surface area contributed by atoms with E-state index in [0.29, 0.717) is 5.11 Å². The van der Waals surface area contributed by atoms with Crippen molar-refractivity contribution in [1.29, 1.82) is 0 Å². The number of aryl methyl sites for hydroxylation is 1. The molecule has 2 N–H and O–H groups in total. The molecular formula is C21H29N5O2S. The van der Waals surface area contributed by atoms with Gasteiger partial charge in [0, 0.05) is 50.3 Å². The van der Waals surface area contributed by atoms with Crippen LogP contribution in [0.15, 0.2) is 24.3 Å². The van der Waals surface area contributed by atoms with Gasteiger partial charge in [-0.15, -0.1) is 0 Å². The topological polar surface area (TPSA) is 61.9 Å². The van der Waals surface area contributed by atoms with Crippen LogP contribution in [0.4, 0.5) is 11.5 Å². The first-order valence-electron chi connectivity index (χ1n) is 10.3. The summed E-state index contributed by atoms with van der Waals surface area (Å²) in [5, 5.41) is 8.38. The maximum atomic E-state index is 5.47. The number of benzene rings is 1. The smallest absolute Gasteiger partial charge is 0.170 e. The summed E-state index contributed by atoms with van der Waals surface area (Å²) in [6.07, 6.45) is 0. The van der Waals surface area contributed by atoms with Crippen LogP contribution in [0.25, 0.3) is 10.9 Å². The second-order valence-corrected chi connectivity index (χ2v) is 7.87. The van der Waals surface area contributed by atoms with Gasteiger partial charge in [-0.05, 0) is 49.0 Å². The molecule has 8 heteroatoms. The molecule has 2 aromatic rings. The van der Waals surface area contributed by atoms with E-state index in [1.165, 1.54) is 5.56 Å². The van der Waals surface area contributed by atoms with E-state index in [2.05, 4.69) is 45.6 Å². The lowest BCUT2D eigenvalue weighted by Gasteiger charge is -2.28. The molecule has 2 aliphatic heterocycles. The highest BCUT2D eigenvalue weighted by Crippen LogP contribution is 2.25. The lowest BCUT2D eigenvalue weighted by molar-refractivity contribution is 0.0389. The van der Waals surface area contributed by atoms with Crippen LogP contribution < -0.4 is 15.5 Å². The maximum absolute atomic E-state index is 5.47. The molecule has 4 rings (SSSR count). The Hall–Kier alpha value is -2.00. The molecule has 3 heterocycles. The van der Waals surface area contributed by atoms with Gasteiger partial charge in [0.25, 0.3) is 0 Å². The van der Waals surface area contributed by atoms with Gasteiger partial charge in [-0.3, -0.25) is 4.90 Å². The Balaban J connectivity index is 1.36. The summed E-state index contributed by atoms with van der Waals surface area (Å²) in [6, 6.07) is 8.38. The van der Waals surface area contributed by atoms with Crippen LogP contribution in [-0.2, 0) is 9.47 Å². The predicted octanol–water partition coefficient (Wildman–Crippen LogP) is 2.00. The first-order chi connectivity index (χ1) is 14.2. The van der Waals surface area contributed by atoms with Crippen LogP contribution >= 0.6 is 12.2 Å². The van der Waals surface area contributed by atoms with Crippen molar-refractivity contribution < 1.29 is 9.47 Å². The number of pyridine rings is 1. The van der Waals surface area contributed by atoms with Crippen molar-refractivity contribution in [3.05, 3.63) is 29.8 Å². The number of ether oxygens (including phenoxy) is 2. The number of hydrogen-bond acceptors (Lipinski definition) is 6. The number of hydrogen-bond donors (Lipinski definition) is 2. The van der Waals surface area contributed by atoms with Gasteiger partial charge in [-0.1, -0.05) is 0 Å². The van der Waals surface area contributed by atoms with Gasteiger partial charge in [0.15, 0.2) is 5.11 Å². The number of nitrogens with zero attached hydrogens (tertiary/aromatic N) is 3. The number of thiocarbonyl (C=S) groups is 1. The van der Waals surface area contributed by atoms with Crippen molar-refractivity contribution in [2.75, 3.05) is 75.9 Å². The summed E-state index contributed by atoms with van der Waals surface area (Å²) in [7, 11) is 0. The van der Waals surface area contributed by atoms with E-state index in [4.69, 9.17) is 26.7 Å². The number of rotatable bonds is 5. The fourth-order valence-corrected chi connectivity index (χ4v) is 3.96. The summed E-state index contributed by atoms with van der Waals surface area (Å²) < 4.78 is 10.8. The first kappa shape index (κ1) is 20.3. The summed E-state index contributed by atoms with van der Waals surface area (Å²) in [5.74, 6) is 1.03. The van der Waals surface area contributed by atoms with E-state index in [1.807, 2.05) is 6.07 Å². The van der Waals surface area contributed by atoms with Crippen LogP contribution in [0, 0.1) is 6.92 Å². The van der Waals surface area contributed by atoms with E-state index in [1.54, 1.807) is 0 Å². The Morgan fingerprint density at radius 2 is 1.79 bits per heavy atom. The Bertz CT molecular complexity index is 850. The minimum atomic E-state index is 0.646. The average molecular weight is 416 g/mol. The molecule has 156 valence electrons. The van der Waals surface area contributed by atoms with Crippen LogP contribution in [-0.4, -0.2) is 80.7 Å². The van der Waals surface area contributed by atoms with Crippen LogP contribution in [0.3, 0.4) is 0 Å². The van der Waals surface area contributed by atoms with Crippen molar-refractivity contribution in [2.24, 2.45) is 0 Å². The van der Waals surface area contributed by atoms with Gasteiger partial charge < -0.3 is 25.0 Å². The SMILES string of the molecule is Cc1cc(N2CCOCC2)nc2ccc(NC(=S)NCCN3CCOCC3)cc12. The maximum Gasteiger partial charge on any atom is 0.170 e. The van der Waals surface area contributed by atoms with Crippen LogP contribution in [0.1, 0.15) is 5.56 Å². The summed E-state index contributed by atoms with van der Waals surface area (Å²) in [5.41, 5.74) is 3.19. The van der Waals surface area contributed by atoms with E-state index in [0.717, 1.165) is 88.1 Å². The normalized spacial score (nSPS) is 18.0. The van der Waals surface area contributed by atoms with Crippen molar-refractivity contribution in [3.8, 4) is 0 Å². The zero-order valence-corrected chi connectivity index (χ0v) is 17.8. The fourth-order valence-electron chi connectivity index (χ4n) is 3.74. The van der Waals surface area contributed by atoms with Crippen molar-refractivity contribution >= 4 is 39.7 Å². The number of anilines is 2. The standard InChI is InChI=1S/C21H29N5O2S/c1-16-14-20(26-8-12-28-13-9-26)24-19-3-2-17(15-18(16)19)23-21(29)22-4-5-25-6-10-27-11-7-25/h2-3,14-15H,4-13H2,1H3,(H2,22,23,29). The fraction of sp³-hybridized carbons (Fsp3) is 0.524. The van der Waals surface area contributed by atoms with Crippen molar-refractivity contribution in [2.45, 2.75) is 6.92 Å². The molecule has 0 atom stereocenters. The highest BCUT2D eigenvalue weighted by atomic mass is 32.1. The number of nitrogens with one attached hydrogen (secondary N) is 2. The van der Waals surface area contributed by atoms with Gasteiger partial charge in [0.1, 0.15) is 5.82 Å². The van der Waals surface area contributed by atoms with Gasteiger partial charge in [0.05, 0.1) is 31.9 Å². The molecule has 7 nitrogen and oxygen atoms in total. The third-order valence-corrected chi connectivity index (χ3v) is 5.66. The lowest BCUT2D eigenvalue weighted by atomic mass is 10.1. The van der Waals surface area contributed by atoms with E-state index < -0.39 is 0 Å². The molecule has 0 amide bonds. The number of morpholine rings is 2. The molecule has 2 saturated heterocycles. The molecule has 0 spiro atoms. The zero-order valence-electron chi connectivity index (χ0n) is 16.9. The molecule has 0 aliphatic carbocycles. The average Bonchev–Trinajstić information content (AvgIpc) is 2.75. The Morgan fingerprint density at radius 3 is 2.55 bits per heavy atom. The molecular weight excluding hydrogens is 386 g/mol. The Morgan fingerprint density at radius 1 is 1.07 bits per heavy atom. The van der Waals surface area contributed by atoms with Gasteiger partial charge in [0.2, 0.25) is 0 Å². The van der Waals surface area contributed by atoms with E-state index in [-0.39, 0.29) is 0 Å². The zero-order chi connectivity index (χ0) is 20.1. The van der Waals surface area contributed by atoms with Crippen molar-refractivity contribution in [3.63, 3.8) is 0 Å². The third-order valence-electron chi connectivity index (χ3n) is 5.41. The molecule has 0 bridgehead atoms. The van der Waals surface area contributed by atoms with Crippen molar-refractivity contribution in [1.82, 2.24) is 15.2 Å². The highest BCUT2D eigenvalue weighted by molar-refractivity contribution is 7.80. The van der Waals surface area contributed by atoms with Crippen LogP contribution in [0.5, 0.6) is 0 Å². The van der Waals surface area contributed by atoms with Crippen LogP contribution in [0.2, 0.25) is 0 Å². The molecule has 2 aliphatic rings. The molecule has 0 unspecified atom stereocenters. The van der Waals surface area contributed by atoms with Gasteiger partial charge in [-0.2, -0.15) is 0 Å². The quantitative estimate of drug-likeness (QED) is 0.719. The van der Waals surface area contributed by atoms with Gasteiger partial charge in [-0.25, -0.2) is 4.98 Å². The van der Waals surface area contributed by atoms with Gasteiger partial charge >= 0.3 is 0 Å². The Labute approximate surface area is 177 Å². The number of aromatic nitrogens is 1. The second-order valence-electron chi connectivity index (χ2n) is 7.46. The highest BCUT2D eigenvalue weighted by Gasteiger charge is 2.14. The minimum absolute atomic E-state index is 0.646. The summed E-state index contributed by atoms with van der Waals surface area (Å²) >= 11 is 5.47. The first-order valence-corrected chi connectivity index (χ1v) is 10.7. The monoisotopic (exact) mass is 415 g/mol. The lowest BCUT2D eigenvalue weighted by Crippen LogP contribution is -2.42. The molecule has 29 heavy (non-hydrogen) atoms. The molecule has 0 saturated carbocycles. The minimum Gasteiger partial charge on any atom is -0.379 e. The predicted molar refractivity (Wildman–Crippen MR) is 121 cm³/mol. The number of fused-ring (bicyclic) bond motifs is 1. The molecule has 1 aromatic carbocycles. The molecule has 0 radical (unpaired) electrons. The third kappa shape index (κ3) is 5.33. The molecule has 1 aromatic heterocycles. The van der Waals surface area contributed by atoms with E-state index >= 15 is 0 Å². The van der Waals surface area contributed by atoms with E-state index in [9.17, 15) is 0 Å². The second kappa shape index (κ2) is 9.67. The Kier molecular flexibility index (Phi) is 6.76. The largest absolute Gasteiger partial charge is 0.379 e.